The molecule has 2 heteroatoms. The van der Waals surface area contributed by atoms with Crippen molar-refractivity contribution in [2.45, 2.75) is 79.1 Å². The van der Waals surface area contributed by atoms with Crippen LogP contribution in [0.25, 0.3) is 0 Å². The van der Waals surface area contributed by atoms with Crippen molar-refractivity contribution in [3.05, 3.63) is 11.6 Å². The molecule has 0 saturated carbocycles. The van der Waals surface area contributed by atoms with E-state index in [2.05, 4.69) is 13.8 Å². The van der Waals surface area contributed by atoms with E-state index in [1.807, 2.05) is 13.8 Å². The standard InChI is InChI=1S/C17H32O2/c1-5-7-8-9-10-11-12-15(3)13-16(4)14-17(18)19-6-2/h14-15H,5-13H2,1-4H3. The quantitative estimate of drug-likeness (QED) is 0.290. The summed E-state index contributed by atoms with van der Waals surface area (Å²) in [7, 11) is 0. The lowest BCUT2D eigenvalue weighted by Gasteiger charge is -2.11. The Morgan fingerprint density at radius 2 is 1.74 bits per heavy atom. The maximum absolute atomic E-state index is 11.3. The molecule has 0 aliphatic carbocycles. The number of hydrogen-bond donors (Lipinski definition) is 0. The van der Waals surface area contributed by atoms with Crippen LogP contribution in [0.3, 0.4) is 0 Å². The molecule has 0 saturated heterocycles. The lowest BCUT2D eigenvalue weighted by molar-refractivity contribution is -0.137. The minimum absolute atomic E-state index is 0.202. The summed E-state index contributed by atoms with van der Waals surface area (Å²) in [5.74, 6) is 0.462. The van der Waals surface area contributed by atoms with Gasteiger partial charge in [0.2, 0.25) is 0 Å². The zero-order chi connectivity index (χ0) is 14.5. The van der Waals surface area contributed by atoms with Gasteiger partial charge in [-0.05, 0) is 26.2 Å². The molecule has 0 bridgehead atoms. The Hall–Kier alpha value is -0.790. The van der Waals surface area contributed by atoms with E-state index in [0.717, 1.165) is 12.0 Å². The molecule has 0 aliphatic heterocycles. The van der Waals surface area contributed by atoms with Crippen molar-refractivity contribution in [3.63, 3.8) is 0 Å². The Labute approximate surface area is 119 Å². The molecule has 0 spiro atoms. The van der Waals surface area contributed by atoms with Gasteiger partial charge in [0.25, 0.3) is 0 Å². The summed E-state index contributed by atoms with van der Waals surface area (Å²) in [4.78, 5) is 11.3. The van der Waals surface area contributed by atoms with E-state index in [9.17, 15) is 4.79 Å². The molecular formula is C17H32O2. The van der Waals surface area contributed by atoms with E-state index in [0.29, 0.717) is 12.5 Å². The number of carbonyl (C=O) groups is 1. The highest BCUT2D eigenvalue weighted by Crippen LogP contribution is 2.18. The third-order valence-electron chi connectivity index (χ3n) is 3.37. The highest BCUT2D eigenvalue weighted by molar-refractivity contribution is 5.82. The first kappa shape index (κ1) is 18.2. The molecule has 1 unspecified atom stereocenters. The zero-order valence-corrected chi connectivity index (χ0v) is 13.3. The molecular weight excluding hydrogens is 236 g/mol. The van der Waals surface area contributed by atoms with Gasteiger partial charge in [-0.25, -0.2) is 4.79 Å². The molecule has 2 nitrogen and oxygen atoms in total. The van der Waals surface area contributed by atoms with Gasteiger partial charge in [-0.15, -0.1) is 0 Å². The first-order valence-corrected chi connectivity index (χ1v) is 7.94. The van der Waals surface area contributed by atoms with Crippen LogP contribution in [0.5, 0.6) is 0 Å². The van der Waals surface area contributed by atoms with Crippen LogP contribution < -0.4 is 0 Å². The SMILES string of the molecule is CCCCCCCCC(C)CC(C)=CC(=O)OCC. The largest absolute Gasteiger partial charge is 0.463 e. The van der Waals surface area contributed by atoms with Crippen molar-refractivity contribution >= 4 is 5.97 Å². The van der Waals surface area contributed by atoms with E-state index >= 15 is 0 Å². The lowest BCUT2D eigenvalue weighted by Crippen LogP contribution is -2.02. The molecule has 0 N–H and O–H groups in total. The molecule has 1 atom stereocenters. The van der Waals surface area contributed by atoms with Crippen molar-refractivity contribution < 1.29 is 9.53 Å². The fraction of sp³-hybridized carbons (Fsp3) is 0.824. The minimum Gasteiger partial charge on any atom is -0.463 e. The van der Waals surface area contributed by atoms with Gasteiger partial charge in [-0.1, -0.05) is 64.4 Å². The van der Waals surface area contributed by atoms with Crippen molar-refractivity contribution in [2.75, 3.05) is 6.61 Å². The lowest BCUT2D eigenvalue weighted by atomic mass is 9.95. The van der Waals surface area contributed by atoms with Gasteiger partial charge < -0.3 is 4.74 Å². The predicted octanol–water partition coefficient (Wildman–Crippen LogP) is 5.27. The average Bonchev–Trinajstić information content (AvgIpc) is 2.33. The number of ether oxygens (including phenoxy) is 1. The number of allylic oxidation sites excluding steroid dienone is 1. The van der Waals surface area contributed by atoms with E-state index < -0.39 is 0 Å². The Morgan fingerprint density at radius 3 is 2.37 bits per heavy atom. The van der Waals surface area contributed by atoms with Crippen LogP contribution in [0.15, 0.2) is 11.6 Å². The van der Waals surface area contributed by atoms with Gasteiger partial charge >= 0.3 is 5.97 Å². The van der Waals surface area contributed by atoms with Crippen LogP contribution in [0, 0.1) is 5.92 Å². The summed E-state index contributed by atoms with van der Waals surface area (Å²) in [6, 6.07) is 0. The molecule has 0 aromatic rings. The Bertz CT molecular complexity index is 256. The predicted molar refractivity (Wildman–Crippen MR) is 82.2 cm³/mol. The van der Waals surface area contributed by atoms with Crippen molar-refractivity contribution in [1.29, 1.82) is 0 Å². The molecule has 0 aromatic heterocycles. The molecule has 0 amide bonds. The van der Waals surface area contributed by atoms with E-state index in [1.165, 1.54) is 44.9 Å². The van der Waals surface area contributed by atoms with Crippen molar-refractivity contribution in [1.82, 2.24) is 0 Å². The third kappa shape index (κ3) is 12.0. The van der Waals surface area contributed by atoms with Crippen LogP contribution in [0.1, 0.15) is 79.1 Å². The van der Waals surface area contributed by atoms with E-state index in [1.54, 1.807) is 6.08 Å². The smallest absolute Gasteiger partial charge is 0.330 e. The Morgan fingerprint density at radius 1 is 1.11 bits per heavy atom. The topological polar surface area (TPSA) is 26.3 Å². The minimum atomic E-state index is -0.202. The molecule has 0 aromatic carbocycles. The van der Waals surface area contributed by atoms with Crippen LogP contribution in [0.2, 0.25) is 0 Å². The summed E-state index contributed by atoms with van der Waals surface area (Å²) in [6.07, 6.45) is 12.0. The molecule has 19 heavy (non-hydrogen) atoms. The highest BCUT2D eigenvalue weighted by atomic mass is 16.5. The van der Waals surface area contributed by atoms with Crippen molar-refractivity contribution in [2.24, 2.45) is 5.92 Å². The number of rotatable bonds is 11. The third-order valence-corrected chi connectivity index (χ3v) is 3.37. The summed E-state index contributed by atoms with van der Waals surface area (Å²) in [5, 5.41) is 0. The van der Waals surface area contributed by atoms with Crippen LogP contribution in [-0.4, -0.2) is 12.6 Å². The first-order chi connectivity index (χ1) is 9.10. The maximum Gasteiger partial charge on any atom is 0.330 e. The summed E-state index contributed by atoms with van der Waals surface area (Å²) >= 11 is 0. The number of carbonyl (C=O) groups excluding carboxylic acids is 1. The van der Waals surface area contributed by atoms with Crippen LogP contribution in [-0.2, 0) is 9.53 Å². The normalized spacial score (nSPS) is 13.4. The fourth-order valence-corrected chi connectivity index (χ4v) is 2.37. The van der Waals surface area contributed by atoms with Gasteiger partial charge in [0.1, 0.15) is 0 Å². The highest BCUT2D eigenvalue weighted by Gasteiger charge is 2.05. The number of hydrogen-bond acceptors (Lipinski definition) is 2. The Balaban J connectivity index is 3.67. The van der Waals surface area contributed by atoms with Gasteiger partial charge in [0.15, 0.2) is 0 Å². The van der Waals surface area contributed by atoms with E-state index in [-0.39, 0.29) is 5.97 Å². The zero-order valence-electron chi connectivity index (χ0n) is 13.3. The second kappa shape index (κ2) is 12.3. The molecule has 0 rings (SSSR count). The first-order valence-electron chi connectivity index (χ1n) is 7.94. The fourth-order valence-electron chi connectivity index (χ4n) is 2.37. The van der Waals surface area contributed by atoms with Gasteiger partial charge in [-0.2, -0.15) is 0 Å². The molecule has 0 radical (unpaired) electrons. The van der Waals surface area contributed by atoms with Crippen molar-refractivity contribution in [3.8, 4) is 0 Å². The van der Waals surface area contributed by atoms with Crippen LogP contribution >= 0.6 is 0 Å². The van der Waals surface area contributed by atoms with Gasteiger partial charge in [0.05, 0.1) is 6.61 Å². The summed E-state index contributed by atoms with van der Waals surface area (Å²) in [5.41, 5.74) is 1.14. The number of unbranched alkanes of at least 4 members (excludes halogenated alkanes) is 5. The second-order valence-corrected chi connectivity index (χ2v) is 5.61. The van der Waals surface area contributed by atoms with Crippen LogP contribution in [0.4, 0.5) is 0 Å². The monoisotopic (exact) mass is 268 g/mol. The van der Waals surface area contributed by atoms with E-state index in [4.69, 9.17) is 4.74 Å². The second-order valence-electron chi connectivity index (χ2n) is 5.61. The molecule has 0 aliphatic rings. The summed E-state index contributed by atoms with van der Waals surface area (Å²) < 4.78 is 4.91. The maximum atomic E-state index is 11.3. The van der Waals surface area contributed by atoms with Gasteiger partial charge in [-0.3, -0.25) is 0 Å². The molecule has 0 heterocycles. The average molecular weight is 268 g/mol. The molecule has 0 fully saturated rings. The summed E-state index contributed by atoms with van der Waals surface area (Å²) in [6.45, 7) is 8.84. The molecule has 112 valence electrons. The Kier molecular flexibility index (Phi) is 11.7. The van der Waals surface area contributed by atoms with Gasteiger partial charge in [0, 0.05) is 6.08 Å². The number of esters is 1.